The Bertz CT molecular complexity index is 443. The van der Waals surface area contributed by atoms with Crippen molar-refractivity contribution in [2.45, 2.75) is 70.9 Å². The molecule has 2 heterocycles. The van der Waals surface area contributed by atoms with E-state index in [1.54, 1.807) is 0 Å². The Morgan fingerprint density at radius 3 is 2.68 bits per heavy atom. The minimum atomic E-state index is -0.225. The molecule has 0 aromatic carbocycles. The molecule has 0 spiro atoms. The summed E-state index contributed by atoms with van der Waals surface area (Å²) in [5.41, 5.74) is 6.45. The van der Waals surface area contributed by atoms with E-state index in [-0.39, 0.29) is 5.54 Å². The largest absolute Gasteiger partial charge is 0.319 e. The zero-order chi connectivity index (χ0) is 13.5. The fourth-order valence-corrected chi connectivity index (χ4v) is 3.68. The molecule has 4 nitrogen and oxygen atoms in total. The maximum absolute atomic E-state index is 6.68. The van der Waals surface area contributed by atoms with Gasteiger partial charge in [-0.3, -0.25) is 0 Å². The van der Waals surface area contributed by atoms with Crippen molar-refractivity contribution in [1.29, 1.82) is 0 Å². The molecule has 1 aliphatic heterocycles. The lowest BCUT2D eigenvalue weighted by molar-refractivity contribution is 0.213. The van der Waals surface area contributed by atoms with Crippen LogP contribution in [-0.4, -0.2) is 14.8 Å². The predicted octanol–water partition coefficient (Wildman–Crippen LogP) is 2.61. The summed E-state index contributed by atoms with van der Waals surface area (Å²) in [5.74, 6) is 3.80. The molecular formula is C15H26N4. The molecule has 1 atom stereocenters. The summed E-state index contributed by atoms with van der Waals surface area (Å²) in [6.45, 7) is 5.63. The molecule has 1 saturated carbocycles. The first kappa shape index (κ1) is 13.1. The van der Waals surface area contributed by atoms with Gasteiger partial charge in [-0.25, -0.2) is 0 Å². The smallest absolute Gasteiger partial charge is 0.153 e. The minimum Gasteiger partial charge on any atom is -0.319 e. The fourth-order valence-electron chi connectivity index (χ4n) is 3.68. The second-order valence-electron chi connectivity index (χ2n) is 6.70. The standard InChI is InChI=1S/C15H26N4/c1-3-12-4-7-15(16,8-5-12)14-18-17-13-10-11(2)6-9-19(13)14/h11-12H,3-10,16H2,1-2H3. The first-order chi connectivity index (χ1) is 9.12. The fraction of sp³-hybridized carbons (Fsp3) is 0.867. The normalized spacial score (nSPS) is 35.1. The molecule has 3 rings (SSSR count). The van der Waals surface area contributed by atoms with Crippen molar-refractivity contribution in [2.75, 3.05) is 0 Å². The van der Waals surface area contributed by atoms with E-state index >= 15 is 0 Å². The average molecular weight is 262 g/mol. The highest BCUT2D eigenvalue weighted by molar-refractivity contribution is 5.12. The van der Waals surface area contributed by atoms with Crippen LogP contribution in [0.4, 0.5) is 0 Å². The van der Waals surface area contributed by atoms with Gasteiger partial charge in [0.1, 0.15) is 5.82 Å². The second kappa shape index (κ2) is 4.89. The predicted molar refractivity (Wildman–Crippen MR) is 75.6 cm³/mol. The summed E-state index contributed by atoms with van der Waals surface area (Å²) in [6.07, 6.45) is 8.19. The van der Waals surface area contributed by atoms with Crippen molar-refractivity contribution >= 4 is 0 Å². The average Bonchev–Trinajstić information content (AvgIpc) is 2.83. The maximum Gasteiger partial charge on any atom is 0.153 e. The van der Waals surface area contributed by atoms with Gasteiger partial charge in [0.25, 0.3) is 0 Å². The summed E-state index contributed by atoms with van der Waals surface area (Å²) in [5, 5.41) is 8.87. The Balaban J connectivity index is 1.83. The lowest BCUT2D eigenvalue weighted by Gasteiger charge is -2.37. The van der Waals surface area contributed by atoms with E-state index in [1.165, 1.54) is 25.7 Å². The van der Waals surface area contributed by atoms with E-state index in [4.69, 9.17) is 5.73 Å². The molecule has 1 aromatic heterocycles. The summed E-state index contributed by atoms with van der Waals surface area (Å²) < 4.78 is 2.31. The molecule has 0 radical (unpaired) electrons. The lowest BCUT2D eigenvalue weighted by Crippen LogP contribution is -2.43. The van der Waals surface area contributed by atoms with E-state index in [9.17, 15) is 0 Å². The summed E-state index contributed by atoms with van der Waals surface area (Å²) >= 11 is 0. The van der Waals surface area contributed by atoms with Crippen LogP contribution in [0, 0.1) is 11.8 Å². The number of aromatic nitrogens is 3. The van der Waals surface area contributed by atoms with Crippen LogP contribution in [0.1, 0.15) is 64.0 Å². The van der Waals surface area contributed by atoms with Gasteiger partial charge in [-0.05, 0) is 43.9 Å². The van der Waals surface area contributed by atoms with Crippen LogP contribution in [0.25, 0.3) is 0 Å². The highest BCUT2D eigenvalue weighted by Crippen LogP contribution is 2.38. The van der Waals surface area contributed by atoms with Crippen molar-refractivity contribution in [3.05, 3.63) is 11.6 Å². The number of rotatable bonds is 2. The van der Waals surface area contributed by atoms with Crippen molar-refractivity contribution in [3.63, 3.8) is 0 Å². The third-order valence-electron chi connectivity index (χ3n) is 5.22. The number of fused-ring (bicyclic) bond motifs is 1. The van der Waals surface area contributed by atoms with E-state index in [1.807, 2.05) is 0 Å². The summed E-state index contributed by atoms with van der Waals surface area (Å²) in [7, 11) is 0. The number of nitrogens with zero attached hydrogens (tertiary/aromatic N) is 3. The number of nitrogens with two attached hydrogens (primary N) is 1. The topological polar surface area (TPSA) is 56.7 Å². The quantitative estimate of drug-likeness (QED) is 0.891. The molecule has 1 unspecified atom stereocenters. The molecule has 2 N–H and O–H groups in total. The molecule has 2 aliphatic rings. The summed E-state index contributed by atoms with van der Waals surface area (Å²) in [6, 6.07) is 0. The zero-order valence-corrected chi connectivity index (χ0v) is 12.2. The van der Waals surface area contributed by atoms with Crippen LogP contribution in [0.5, 0.6) is 0 Å². The Morgan fingerprint density at radius 1 is 1.26 bits per heavy atom. The summed E-state index contributed by atoms with van der Waals surface area (Å²) in [4.78, 5) is 0. The molecule has 4 heteroatoms. The van der Waals surface area contributed by atoms with E-state index in [2.05, 4.69) is 28.6 Å². The monoisotopic (exact) mass is 262 g/mol. The highest BCUT2D eigenvalue weighted by Gasteiger charge is 2.38. The van der Waals surface area contributed by atoms with Crippen molar-refractivity contribution in [2.24, 2.45) is 17.6 Å². The van der Waals surface area contributed by atoms with Gasteiger partial charge in [0, 0.05) is 13.0 Å². The first-order valence-corrected chi connectivity index (χ1v) is 7.84. The van der Waals surface area contributed by atoms with Gasteiger partial charge in [0.2, 0.25) is 0 Å². The van der Waals surface area contributed by atoms with Crippen molar-refractivity contribution in [1.82, 2.24) is 14.8 Å². The highest BCUT2D eigenvalue weighted by atomic mass is 15.3. The molecule has 0 bridgehead atoms. The third-order valence-corrected chi connectivity index (χ3v) is 5.22. The molecule has 1 aromatic rings. The molecule has 0 amide bonds. The minimum absolute atomic E-state index is 0.225. The molecule has 1 fully saturated rings. The van der Waals surface area contributed by atoms with Crippen molar-refractivity contribution < 1.29 is 0 Å². The second-order valence-corrected chi connectivity index (χ2v) is 6.70. The number of hydrogen-bond donors (Lipinski definition) is 1. The Morgan fingerprint density at radius 2 is 2.00 bits per heavy atom. The Labute approximate surface area is 115 Å². The van der Waals surface area contributed by atoms with Gasteiger partial charge in [-0.1, -0.05) is 20.3 Å². The Hall–Kier alpha value is -0.900. The molecule has 0 saturated heterocycles. The van der Waals surface area contributed by atoms with Gasteiger partial charge in [0.15, 0.2) is 5.82 Å². The molecule has 1 aliphatic carbocycles. The maximum atomic E-state index is 6.68. The third kappa shape index (κ3) is 2.31. The van der Waals surface area contributed by atoms with E-state index < -0.39 is 0 Å². The SMILES string of the molecule is CCC1CCC(N)(c2nnc3n2CCC(C)C3)CC1. The van der Waals surface area contributed by atoms with Crippen LogP contribution < -0.4 is 5.73 Å². The number of hydrogen-bond acceptors (Lipinski definition) is 3. The van der Waals surface area contributed by atoms with Crippen LogP contribution in [0.15, 0.2) is 0 Å². The molecule has 19 heavy (non-hydrogen) atoms. The van der Waals surface area contributed by atoms with Gasteiger partial charge in [0.05, 0.1) is 5.54 Å². The van der Waals surface area contributed by atoms with E-state index in [0.29, 0.717) is 0 Å². The van der Waals surface area contributed by atoms with Gasteiger partial charge >= 0.3 is 0 Å². The van der Waals surface area contributed by atoms with Gasteiger partial charge in [-0.15, -0.1) is 10.2 Å². The van der Waals surface area contributed by atoms with Crippen LogP contribution in [0.2, 0.25) is 0 Å². The van der Waals surface area contributed by atoms with E-state index in [0.717, 1.165) is 49.3 Å². The first-order valence-electron chi connectivity index (χ1n) is 7.84. The van der Waals surface area contributed by atoms with Crippen LogP contribution in [-0.2, 0) is 18.5 Å². The molecule has 106 valence electrons. The van der Waals surface area contributed by atoms with Crippen LogP contribution >= 0.6 is 0 Å². The van der Waals surface area contributed by atoms with Gasteiger partial charge in [-0.2, -0.15) is 0 Å². The lowest BCUT2D eigenvalue weighted by atomic mass is 9.75. The Kier molecular flexibility index (Phi) is 3.37. The van der Waals surface area contributed by atoms with Crippen molar-refractivity contribution in [3.8, 4) is 0 Å². The molecular weight excluding hydrogens is 236 g/mol. The van der Waals surface area contributed by atoms with Crippen LogP contribution in [0.3, 0.4) is 0 Å². The zero-order valence-electron chi connectivity index (χ0n) is 12.2. The van der Waals surface area contributed by atoms with Gasteiger partial charge < -0.3 is 10.3 Å².